The summed E-state index contributed by atoms with van der Waals surface area (Å²) in [5.41, 5.74) is 5.07. The van der Waals surface area contributed by atoms with Gasteiger partial charge in [0.25, 0.3) is 0 Å². The van der Waals surface area contributed by atoms with Gasteiger partial charge in [-0.15, -0.1) is 0 Å². The van der Waals surface area contributed by atoms with Crippen molar-refractivity contribution in [3.05, 3.63) is 72.3 Å². The molecule has 1 aromatic heterocycles. The first-order chi connectivity index (χ1) is 12.9. The van der Waals surface area contributed by atoms with Crippen molar-refractivity contribution >= 4 is 26.5 Å². The molecule has 1 nitrogen and oxygen atoms in total. The standard InChI is InChI=1S/C23H27OSSi.Hg/c1-18(2)26(19(3)4,24-17-20-11-7-5-8-12-20)23-22(15-16-25-23)21-13-9-6-10-14-21;/h5-15,18-19H,17H2,1-4H3;. The van der Waals surface area contributed by atoms with Gasteiger partial charge >= 0.3 is 186 Å². The van der Waals surface area contributed by atoms with Crippen LogP contribution in [0.5, 0.6) is 0 Å². The molecule has 27 heavy (non-hydrogen) atoms. The Kier molecular flexibility index (Phi) is 7.12. The Balaban J connectivity index is 2.09. The van der Waals surface area contributed by atoms with E-state index in [4.69, 9.17) is 4.43 Å². The molecule has 0 aliphatic rings. The predicted octanol–water partition coefficient (Wildman–Crippen LogP) is 5.78. The van der Waals surface area contributed by atoms with E-state index in [-0.39, 0.29) is 0 Å². The van der Waals surface area contributed by atoms with Crippen LogP contribution in [0.2, 0.25) is 11.1 Å². The molecule has 2 aromatic carbocycles. The third-order valence-corrected chi connectivity index (χ3v) is 14.8. The molecule has 0 atom stereocenters. The van der Waals surface area contributed by atoms with Crippen LogP contribution in [-0.2, 0) is 37.2 Å². The summed E-state index contributed by atoms with van der Waals surface area (Å²) in [6, 6.07) is 23.9. The van der Waals surface area contributed by atoms with Crippen molar-refractivity contribution in [2.45, 2.75) is 45.4 Å². The molecule has 0 radical (unpaired) electrons. The van der Waals surface area contributed by atoms with Crippen LogP contribution < -0.4 is 6.89 Å². The maximum atomic E-state index is 6.97. The van der Waals surface area contributed by atoms with Crippen molar-refractivity contribution in [2.24, 2.45) is 0 Å². The molecule has 0 spiro atoms. The quantitative estimate of drug-likeness (QED) is 0.323. The van der Waals surface area contributed by atoms with Gasteiger partial charge in [0.2, 0.25) is 0 Å². The molecular formula is C23H27HgOSSi. The molecule has 0 saturated carbocycles. The van der Waals surface area contributed by atoms with Gasteiger partial charge in [-0.25, -0.2) is 0 Å². The molecule has 0 unspecified atom stereocenters. The van der Waals surface area contributed by atoms with Crippen LogP contribution in [0.4, 0.5) is 0 Å². The van der Waals surface area contributed by atoms with Crippen molar-refractivity contribution in [1.29, 1.82) is 0 Å². The third-order valence-electron chi connectivity index (χ3n) is 5.26. The van der Waals surface area contributed by atoms with Crippen LogP contribution in [0, 0.1) is 0 Å². The monoisotopic (exact) mass is 581 g/mol. The summed E-state index contributed by atoms with van der Waals surface area (Å²) >= 11 is 2.66. The van der Waals surface area contributed by atoms with Gasteiger partial charge in [-0.05, 0) is 0 Å². The van der Waals surface area contributed by atoms with Crippen LogP contribution in [-0.4, -0.2) is 8.32 Å². The number of hydrogen-bond donors (Lipinski definition) is 0. The van der Waals surface area contributed by atoms with Crippen LogP contribution in [0.15, 0.2) is 66.7 Å². The maximum absolute atomic E-state index is 6.97. The van der Waals surface area contributed by atoms with Gasteiger partial charge in [-0.2, -0.15) is 0 Å². The Morgan fingerprint density at radius 3 is 2.00 bits per heavy atom. The zero-order valence-electron chi connectivity index (χ0n) is 16.7. The normalized spacial score (nSPS) is 12.1. The van der Waals surface area contributed by atoms with E-state index in [0.717, 1.165) is 0 Å². The topological polar surface area (TPSA) is 9.23 Å². The van der Waals surface area contributed by atoms with E-state index in [1.165, 1.54) is 16.7 Å². The second-order valence-corrected chi connectivity index (χ2v) is 18.8. The molecule has 3 aromatic rings. The molecule has 0 saturated heterocycles. The van der Waals surface area contributed by atoms with Crippen molar-refractivity contribution in [3.8, 4) is 11.1 Å². The zero-order chi connectivity index (χ0) is 19.4. The van der Waals surface area contributed by atoms with Gasteiger partial charge in [0.15, 0.2) is 0 Å². The number of thiophene rings is 1. The number of benzene rings is 2. The van der Waals surface area contributed by atoms with Gasteiger partial charge in [0.05, 0.1) is 0 Å². The van der Waals surface area contributed by atoms with E-state index in [2.05, 4.69) is 94.4 Å². The van der Waals surface area contributed by atoms with Gasteiger partial charge < -0.3 is 0 Å². The molecule has 137 valence electrons. The Morgan fingerprint density at radius 1 is 0.889 bits per heavy atom. The van der Waals surface area contributed by atoms with Crippen molar-refractivity contribution in [1.82, 2.24) is 0 Å². The Morgan fingerprint density at radius 2 is 1.44 bits per heavy atom. The number of rotatable bonds is 7. The van der Waals surface area contributed by atoms with E-state index in [0.29, 0.717) is 43.8 Å². The second kappa shape index (κ2) is 9.17. The Hall–Kier alpha value is -0.748. The molecule has 0 aliphatic carbocycles. The van der Waals surface area contributed by atoms with Crippen LogP contribution in [0.3, 0.4) is 0 Å². The fraction of sp³-hybridized carbons (Fsp3) is 0.304. The van der Waals surface area contributed by atoms with Crippen molar-refractivity contribution in [3.63, 3.8) is 0 Å². The molecule has 3 rings (SSSR count). The van der Waals surface area contributed by atoms with Crippen LogP contribution >= 0.6 is 11.3 Å². The van der Waals surface area contributed by atoms with Crippen LogP contribution in [0.1, 0.15) is 33.3 Å². The second-order valence-electron chi connectivity index (χ2n) is 7.70. The fourth-order valence-corrected chi connectivity index (χ4v) is 15.7. The molecule has 0 N–H and O–H groups in total. The Bertz CT molecular complexity index is 851. The summed E-state index contributed by atoms with van der Waals surface area (Å²) in [6.45, 7) is 10.2. The molecule has 0 amide bonds. The summed E-state index contributed by atoms with van der Waals surface area (Å²) in [4.78, 5) is 0. The van der Waals surface area contributed by atoms with Crippen molar-refractivity contribution in [2.75, 3.05) is 0 Å². The van der Waals surface area contributed by atoms with E-state index < -0.39 is 8.32 Å². The molecule has 4 heteroatoms. The fourth-order valence-electron chi connectivity index (χ4n) is 3.93. The predicted molar refractivity (Wildman–Crippen MR) is 116 cm³/mol. The first-order valence-corrected chi connectivity index (χ1v) is 15.3. The van der Waals surface area contributed by atoms with E-state index >= 15 is 0 Å². The van der Waals surface area contributed by atoms with Gasteiger partial charge in [-0.1, -0.05) is 0 Å². The SMILES string of the molecule is CC(C)[Si](OCc1ccccc1)(c1s[c]([Hg])cc1-c1ccccc1)C(C)C. The summed E-state index contributed by atoms with van der Waals surface area (Å²) in [5.74, 6) is 0. The average Bonchev–Trinajstić information content (AvgIpc) is 3.05. The zero-order valence-corrected chi connectivity index (χ0v) is 24.1. The van der Waals surface area contributed by atoms with Gasteiger partial charge in [0, 0.05) is 0 Å². The summed E-state index contributed by atoms with van der Waals surface area (Å²) in [5, 5.41) is 0. The molecule has 0 aliphatic heterocycles. The Labute approximate surface area is 184 Å². The molecule has 0 fully saturated rings. The van der Waals surface area contributed by atoms with Crippen molar-refractivity contribution < 1.29 is 30.5 Å². The van der Waals surface area contributed by atoms with E-state index in [1.807, 2.05) is 11.3 Å². The first-order valence-electron chi connectivity index (χ1n) is 9.64. The molecular weight excluding hydrogens is 553 g/mol. The van der Waals surface area contributed by atoms with Crippen LogP contribution in [0.25, 0.3) is 11.1 Å². The van der Waals surface area contributed by atoms with Gasteiger partial charge in [-0.3, -0.25) is 0 Å². The third kappa shape index (κ3) is 4.47. The first kappa shape index (κ1) is 21.0. The minimum absolute atomic E-state index is 0.523. The molecule has 1 heterocycles. The minimum atomic E-state index is -2.17. The summed E-state index contributed by atoms with van der Waals surface area (Å²) in [6.07, 6.45) is 0. The molecule has 0 bridgehead atoms. The van der Waals surface area contributed by atoms with E-state index in [1.54, 1.807) is 6.89 Å². The number of hydrogen-bond acceptors (Lipinski definition) is 2. The summed E-state index contributed by atoms with van der Waals surface area (Å²) < 4.78 is 10.1. The van der Waals surface area contributed by atoms with Gasteiger partial charge in [0.1, 0.15) is 0 Å². The average molecular weight is 580 g/mol. The van der Waals surface area contributed by atoms with E-state index in [9.17, 15) is 0 Å². The summed E-state index contributed by atoms with van der Waals surface area (Å²) in [7, 11) is -2.17.